The van der Waals surface area contributed by atoms with Gasteiger partial charge in [0.2, 0.25) is 0 Å². The zero-order valence-corrected chi connectivity index (χ0v) is 13.0. The molecule has 0 saturated carbocycles. The molecule has 0 radical (unpaired) electrons. The number of nitrogens with zero attached hydrogens (tertiary/aromatic N) is 1. The van der Waals surface area contributed by atoms with E-state index < -0.39 is 10.0 Å². The van der Waals surface area contributed by atoms with Crippen molar-refractivity contribution in [3.63, 3.8) is 0 Å². The SMILES string of the molecule is O=S(=O)(c1cc2cc(Cl)ccc2s1)N1CCC[C@H]1CO. The molecule has 1 atom stereocenters. The van der Waals surface area contributed by atoms with Gasteiger partial charge in [-0.1, -0.05) is 11.6 Å². The molecule has 108 valence electrons. The van der Waals surface area contributed by atoms with Crippen molar-refractivity contribution >= 4 is 43.0 Å². The van der Waals surface area contributed by atoms with Crippen molar-refractivity contribution in [3.05, 3.63) is 29.3 Å². The van der Waals surface area contributed by atoms with E-state index in [0.29, 0.717) is 22.2 Å². The smallest absolute Gasteiger partial charge is 0.252 e. The Hall–Kier alpha value is -0.660. The average Bonchev–Trinajstić information content (AvgIpc) is 3.04. The van der Waals surface area contributed by atoms with Crippen LogP contribution in [-0.2, 0) is 10.0 Å². The summed E-state index contributed by atoms with van der Waals surface area (Å²) in [5.74, 6) is 0. The molecule has 2 heterocycles. The number of aliphatic hydroxyl groups excluding tert-OH is 1. The minimum absolute atomic E-state index is 0.129. The van der Waals surface area contributed by atoms with Crippen LogP contribution in [0, 0.1) is 0 Å². The van der Waals surface area contributed by atoms with Gasteiger partial charge in [-0.2, -0.15) is 4.31 Å². The van der Waals surface area contributed by atoms with Crippen molar-refractivity contribution in [1.29, 1.82) is 0 Å². The summed E-state index contributed by atoms with van der Waals surface area (Å²) in [5.41, 5.74) is 0. The Morgan fingerprint density at radius 2 is 2.20 bits per heavy atom. The predicted molar refractivity (Wildman–Crippen MR) is 80.8 cm³/mol. The van der Waals surface area contributed by atoms with Crippen LogP contribution in [0.4, 0.5) is 0 Å². The van der Waals surface area contributed by atoms with Gasteiger partial charge in [0.1, 0.15) is 4.21 Å². The number of thiophene rings is 1. The summed E-state index contributed by atoms with van der Waals surface area (Å²) >= 11 is 7.17. The highest BCUT2D eigenvalue weighted by Crippen LogP contribution is 2.34. The third-order valence-corrected chi connectivity index (χ3v) is 7.30. The Kier molecular flexibility index (Phi) is 3.77. The maximum absolute atomic E-state index is 12.7. The lowest BCUT2D eigenvalue weighted by molar-refractivity contribution is 0.213. The number of hydrogen-bond acceptors (Lipinski definition) is 4. The van der Waals surface area contributed by atoms with Gasteiger partial charge in [0.05, 0.1) is 6.61 Å². The number of benzene rings is 1. The minimum Gasteiger partial charge on any atom is -0.395 e. The third kappa shape index (κ3) is 2.35. The third-order valence-electron chi connectivity index (χ3n) is 3.55. The molecule has 7 heteroatoms. The van der Waals surface area contributed by atoms with E-state index in [1.54, 1.807) is 18.2 Å². The summed E-state index contributed by atoms with van der Waals surface area (Å²) in [7, 11) is -3.53. The van der Waals surface area contributed by atoms with E-state index in [9.17, 15) is 13.5 Å². The number of fused-ring (bicyclic) bond motifs is 1. The molecule has 20 heavy (non-hydrogen) atoms. The van der Waals surface area contributed by atoms with Gasteiger partial charge in [0.25, 0.3) is 10.0 Å². The van der Waals surface area contributed by atoms with Crippen LogP contribution >= 0.6 is 22.9 Å². The number of aliphatic hydroxyl groups is 1. The Morgan fingerprint density at radius 1 is 1.40 bits per heavy atom. The van der Waals surface area contributed by atoms with Crippen molar-refractivity contribution in [2.75, 3.05) is 13.2 Å². The second-order valence-electron chi connectivity index (χ2n) is 4.84. The summed E-state index contributed by atoms with van der Waals surface area (Å²) in [6, 6.07) is 6.71. The fourth-order valence-corrected chi connectivity index (χ4v) is 5.91. The van der Waals surface area contributed by atoms with Gasteiger partial charge in [0, 0.05) is 22.3 Å². The molecule has 1 aromatic heterocycles. The average molecular weight is 332 g/mol. The zero-order chi connectivity index (χ0) is 14.3. The second kappa shape index (κ2) is 5.27. The number of halogens is 1. The van der Waals surface area contributed by atoms with E-state index >= 15 is 0 Å². The number of sulfonamides is 1. The predicted octanol–water partition coefficient (Wildman–Crippen LogP) is 2.70. The molecule has 1 N–H and O–H groups in total. The van der Waals surface area contributed by atoms with Crippen LogP contribution in [0.15, 0.2) is 28.5 Å². The zero-order valence-electron chi connectivity index (χ0n) is 10.6. The molecule has 0 amide bonds. The summed E-state index contributed by atoms with van der Waals surface area (Å²) in [6.45, 7) is 0.346. The molecule has 0 unspecified atom stereocenters. The van der Waals surface area contributed by atoms with E-state index in [1.165, 1.54) is 15.6 Å². The summed E-state index contributed by atoms with van der Waals surface area (Å²) in [4.78, 5) is 0. The Labute approximate surface area is 126 Å². The van der Waals surface area contributed by atoms with Gasteiger partial charge in [-0.3, -0.25) is 0 Å². The van der Waals surface area contributed by atoms with E-state index in [1.807, 2.05) is 6.07 Å². The summed E-state index contributed by atoms with van der Waals surface area (Å²) in [6.07, 6.45) is 1.51. The van der Waals surface area contributed by atoms with E-state index in [0.717, 1.165) is 16.5 Å². The molecule has 2 aromatic rings. The van der Waals surface area contributed by atoms with Crippen LogP contribution in [0.1, 0.15) is 12.8 Å². The fourth-order valence-electron chi connectivity index (χ4n) is 2.54. The molecule has 1 fully saturated rings. The van der Waals surface area contributed by atoms with Gasteiger partial charge in [0.15, 0.2) is 0 Å². The molecule has 1 saturated heterocycles. The minimum atomic E-state index is -3.53. The van der Waals surface area contributed by atoms with Crippen LogP contribution in [-0.4, -0.2) is 37.0 Å². The van der Waals surface area contributed by atoms with E-state index in [2.05, 4.69) is 0 Å². The topological polar surface area (TPSA) is 57.6 Å². The fraction of sp³-hybridized carbons (Fsp3) is 0.385. The first-order valence-electron chi connectivity index (χ1n) is 6.34. The highest BCUT2D eigenvalue weighted by Gasteiger charge is 2.35. The molecule has 0 spiro atoms. The molecule has 1 aromatic carbocycles. The first kappa shape index (κ1) is 14.3. The summed E-state index contributed by atoms with van der Waals surface area (Å²) in [5, 5.41) is 10.7. The second-order valence-corrected chi connectivity index (χ2v) is 8.48. The van der Waals surface area contributed by atoms with Crippen LogP contribution in [0.2, 0.25) is 5.02 Å². The molecule has 1 aliphatic rings. The first-order valence-corrected chi connectivity index (χ1v) is 8.97. The number of hydrogen-bond donors (Lipinski definition) is 1. The van der Waals surface area contributed by atoms with Crippen LogP contribution in [0.25, 0.3) is 10.1 Å². The Balaban J connectivity index is 2.04. The van der Waals surface area contributed by atoms with Crippen molar-refractivity contribution in [2.24, 2.45) is 0 Å². The van der Waals surface area contributed by atoms with E-state index in [-0.39, 0.29) is 12.6 Å². The quantitative estimate of drug-likeness (QED) is 0.940. The van der Waals surface area contributed by atoms with Crippen molar-refractivity contribution in [2.45, 2.75) is 23.1 Å². The lowest BCUT2D eigenvalue weighted by Gasteiger charge is -2.21. The van der Waals surface area contributed by atoms with Gasteiger partial charge >= 0.3 is 0 Å². The lowest BCUT2D eigenvalue weighted by Crippen LogP contribution is -2.37. The van der Waals surface area contributed by atoms with Crippen LogP contribution in [0.5, 0.6) is 0 Å². The first-order chi connectivity index (χ1) is 9.52. The molecule has 4 nitrogen and oxygen atoms in total. The monoisotopic (exact) mass is 331 g/mol. The van der Waals surface area contributed by atoms with Gasteiger partial charge in [-0.15, -0.1) is 11.3 Å². The van der Waals surface area contributed by atoms with E-state index in [4.69, 9.17) is 11.6 Å². The van der Waals surface area contributed by atoms with Crippen LogP contribution < -0.4 is 0 Å². The molecule has 0 aliphatic carbocycles. The van der Waals surface area contributed by atoms with Crippen molar-refractivity contribution < 1.29 is 13.5 Å². The maximum atomic E-state index is 12.7. The van der Waals surface area contributed by atoms with Gasteiger partial charge in [-0.05, 0) is 42.5 Å². The molecular formula is C13H14ClNO3S2. The Bertz CT molecular complexity index is 741. The van der Waals surface area contributed by atoms with Gasteiger partial charge < -0.3 is 5.11 Å². The molecule has 1 aliphatic heterocycles. The maximum Gasteiger partial charge on any atom is 0.252 e. The highest BCUT2D eigenvalue weighted by atomic mass is 35.5. The standard InChI is InChI=1S/C13H14ClNO3S2/c14-10-3-4-12-9(6-10)7-13(19-12)20(17,18)15-5-1-2-11(15)8-16/h3-4,6-7,11,16H,1-2,5,8H2/t11-/m0/s1. The normalized spacial score (nSPS) is 20.8. The largest absolute Gasteiger partial charge is 0.395 e. The molecular weight excluding hydrogens is 318 g/mol. The van der Waals surface area contributed by atoms with Crippen LogP contribution in [0.3, 0.4) is 0 Å². The van der Waals surface area contributed by atoms with Crippen molar-refractivity contribution in [3.8, 4) is 0 Å². The molecule has 0 bridgehead atoms. The highest BCUT2D eigenvalue weighted by molar-refractivity contribution is 7.91. The lowest BCUT2D eigenvalue weighted by atomic mass is 10.2. The summed E-state index contributed by atoms with van der Waals surface area (Å²) < 4.78 is 27.9. The number of rotatable bonds is 3. The van der Waals surface area contributed by atoms with Crippen molar-refractivity contribution in [1.82, 2.24) is 4.31 Å². The Morgan fingerprint density at radius 3 is 2.95 bits per heavy atom. The molecule has 3 rings (SSSR count). The van der Waals surface area contributed by atoms with Gasteiger partial charge in [-0.25, -0.2) is 8.42 Å².